The molecule has 1 aromatic heterocycles. The van der Waals surface area contributed by atoms with E-state index in [0.29, 0.717) is 28.8 Å². The summed E-state index contributed by atoms with van der Waals surface area (Å²) in [6.07, 6.45) is 3.96. The second-order valence-electron chi connectivity index (χ2n) is 6.90. The highest BCUT2D eigenvalue weighted by Crippen LogP contribution is 2.47. The van der Waals surface area contributed by atoms with Gasteiger partial charge in [0.1, 0.15) is 5.76 Å². The summed E-state index contributed by atoms with van der Waals surface area (Å²) in [7, 11) is 0. The Balaban J connectivity index is 1.23. The minimum atomic E-state index is -0.517. The van der Waals surface area contributed by atoms with E-state index in [2.05, 4.69) is 15.8 Å². The van der Waals surface area contributed by atoms with Crippen LogP contribution >= 0.6 is 11.8 Å². The van der Waals surface area contributed by atoms with Crippen LogP contribution in [0.2, 0.25) is 0 Å². The molecule has 1 aromatic carbocycles. The van der Waals surface area contributed by atoms with Crippen molar-refractivity contribution in [3.05, 3.63) is 30.0 Å². The fourth-order valence-corrected chi connectivity index (χ4v) is 3.94. The van der Waals surface area contributed by atoms with Gasteiger partial charge in [0.15, 0.2) is 17.3 Å². The van der Waals surface area contributed by atoms with E-state index in [-0.39, 0.29) is 23.3 Å². The molecule has 1 aliphatic heterocycles. The van der Waals surface area contributed by atoms with Crippen molar-refractivity contribution in [1.29, 1.82) is 0 Å². The zero-order chi connectivity index (χ0) is 19.6. The highest BCUT2D eigenvalue weighted by Gasteiger charge is 2.44. The summed E-state index contributed by atoms with van der Waals surface area (Å²) in [5.74, 6) is 1.71. The Morgan fingerprint density at radius 3 is 2.50 bits per heavy atom. The zero-order valence-electron chi connectivity index (χ0n) is 15.4. The summed E-state index contributed by atoms with van der Waals surface area (Å²) in [6.45, 7) is 1.74. The first kappa shape index (κ1) is 18.7. The van der Waals surface area contributed by atoms with Crippen LogP contribution in [-0.2, 0) is 9.59 Å². The number of amides is 2. The van der Waals surface area contributed by atoms with Crippen molar-refractivity contribution in [3.8, 4) is 11.5 Å². The third kappa shape index (κ3) is 4.24. The normalized spacial score (nSPS) is 16.3. The number of aromatic nitrogens is 1. The minimum absolute atomic E-state index is 0.142. The Morgan fingerprint density at radius 2 is 1.79 bits per heavy atom. The van der Waals surface area contributed by atoms with Crippen LogP contribution in [0.15, 0.2) is 28.8 Å². The number of thioether (sulfide) groups is 1. The van der Waals surface area contributed by atoms with Gasteiger partial charge in [0, 0.05) is 30.7 Å². The van der Waals surface area contributed by atoms with E-state index >= 15 is 0 Å². The maximum absolute atomic E-state index is 12.1. The summed E-state index contributed by atoms with van der Waals surface area (Å²) in [5.41, 5.74) is 0.644. The van der Waals surface area contributed by atoms with Crippen molar-refractivity contribution in [1.82, 2.24) is 5.16 Å². The Hall–Kier alpha value is -2.68. The predicted octanol–water partition coefficient (Wildman–Crippen LogP) is 3.33. The van der Waals surface area contributed by atoms with Gasteiger partial charge in [0.05, 0.1) is 11.5 Å². The number of rotatable bonds is 6. The number of hydrogen-bond acceptors (Lipinski definition) is 7. The molecular weight excluding hydrogens is 382 g/mol. The van der Waals surface area contributed by atoms with E-state index in [4.69, 9.17) is 14.0 Å². The van der Waals surface area contributed by atoms with Crippen molar-refractivity contribution in [3.63, 3.8) is 0 Å². The molecule has 148 valence electrons. The fraction of sp³-hybridized carbons (Fsp3) is 0.421. The maximum Gasteiger partial charge on any atom is 0.251 e. The summed E-state index contributed by atoms with van der Waals surface area (Å²) in [4.78, 5) is 24.0. The van der Waals surface area contributed by atoms with Gasteiger partial charge in [0.2, 0.25) is 11.8 Å². The average Bonchev–Trinajstić information content (AvgIpc) is 3.35. The van der Waals surface area contributed by atoms with E-state index in [0.717, 1.165) is 25.7 Å². The van der Waals surface area contributed by atoms with Crippen LogP contribution in [0.3, 0.4) is 0 Å². The lowest BCUT2D eigenvalue weighted by Gasteiger charge is -2.21. The highest BCUT2D eigenvalue weighted by molar-refractivity contribution is 8.00. The van der Waals surface area contributed by atoms with Crippen molar-refractivity contribution < 1.29 is 23.6 Å². The topological polar surface area (TPSA) is 103 Å². The summed E-state index contributed by atoms with van der Waals surface area (Å²) in [6, 6.07) is 7.02. The Kier molecular flexibility index (Phi) is 5.17. The largest absolute Gasteiger partial charge is 0.448 e. The summed E-state index contributed by atoms with van der Waals surface area (Å²) in [5, 5.41) is 9.13. The zero-order valence-corrected chi connectivity index (χ0v) is 16.3. The second-order valence-corrected chi connectivity index (χ2v) is 7.88. The van der Waals surface area contributed by atoms with Crippen LogP contribution in [0.1, 0.15) is 31.4 Å². The fourth-order valence-electron chi connectivity index (χ4n) is 3.33. The standard InChI is InChI=1S/C19H21N3O5S/c1-12-8-16(22-27-12)21-18(24)11-28-10-17(23)20-13-4-5-14-15(9-13)26-19(25-14)6-2-3-7-19/h4-5,8-9H,2-3,6-7,10-11H2,1H3,(H,20,23)(H,21,22,24). The van der Waals surface area contributed by atoms with Crippen LogP contribution in [0, 0.1) is 6.92 Å². The number of carbonyl (C=O) groups excluding carboxylic acids is 2. The molecule has 8 nitrogen and oxygen atoms in total. The molecule has 0 unspecified atom stereocenters. The molecule has 9 heteroatoms. The number of anilines is 2. The third-order valence-electron chi connectivity index (χ3n) is 4.55. The molecule has 2 aromatic rings. The second kappa shape index (κ2) is 7.75. The van der Waals surface area contributed by atoms with E-state index < -0.39 is 5.79 Å². The van der Waals surface area contributed by atoms with Crippen molar-refractivity contribution >= 4 is 35.1 Å². The van der Waals surface area contributed by atoms with E-state index in [1.807, 2.05) is 6.07 Å². The predicted molar refractivity (Wildman–Crippen MR) is 105 cm³/mol. The number of aryl methyl sites for hydroxylation is 1. The average molecular weight is 403 g/mol. The lowest BCUT2D eigenvalue weighted by Crippen LogP contribution is -2.34. The molecule has 1 spiro atoms. The molecule has 0 bridgehead atoms. The van der Waals surface area contributed by atoms with Gasteiger partial charge in [-0.1, -0.05) is 5.16 Å². The molecule has 2 aliphatic rings. The van der Waals surface area contributed by atoms with Crippen molar-refractivity contribution in [2.45, 2.75) is 38.4 Å². The molecule has 0 radical (unpaired) electrons. The van der Waals surface area contributed by atoms with Gasteiger partial charge < -0.3 is 24.6 Å². The Bertz CT molecular complexity index is 891. The van der Waals surface area contributed by atoms with E-state index in [9.17, 15) is 9.59 Å². The molecule has 2 heterocycles. The molecule has 1 aliphatic carbocycles. The van der Waals surface area contributed by atoms with Crippen molar-refractivity contribution in [2.75, 3.05) is 22.1 Å². The maximum atomic E-state index is 12.1. The number of benzene rings is 1. The molecule has 1 fully saturated rings. The number of carbonyl (C=O) groups is 2. The van der Waals surface area contributed by atoms with Gasteiger partial charge in [-0.25, -0.2) is 0 Å². The summed E-state index contributed by atoms with van der Waals surface area (Å²) >= 11 is 1.22. The van der Waals surface area contributed by atoms with Gasteiger partial charge in [-0.05, 0) is 31.9 Å². The van der Waals surface area contributed by atoms with Crippen LogP contribution in [-0.4, -0.2) is 34.3 Å². The van der Waals surface area contributed by atoms with Gasteiger partial charge >= 0.3 is 0 Å². The van der Waals surface area contributed by atoms with Gasteiger partial charge in [-0.15, -0.1) is 11.8 Å². The number of ether oxygens (including phenoxy) is 2. The van der Waals surface area contributed by atoms with Crippen LogP contribution in [0.5, 0.6) is 11.5 Å². The Morgan fingerprint density at radius 1 is 1.07 bits per heavy atom. The molecule has 1 saturated carbocycles. The first-order valence-corrected chi connectivity index (χ1v) is 10.3. The monoisotopic (exact) mass is 403 g/mol. The third-order valence-corrected chi connectivity index (χ3v) is 5.48. The number of hydrogen-bond donors (Lipinski definition) is 2. The van der Waals surface area contributed by atoms with Crippen LogP contribution in [0.4, 0.5) is 11.5 Å². The van der Waals surface area contributed by atoms with E-state index in [1.54, 1.807) is 25.1 Å². The molecule has 28 heavy (non-hydrogen) atoms. The SMILES string of the molecule is Cc1cc(NC(=O)CSCC(=O)Nc2ccc3c(c2)OC2(CCCC2)O3)no1. The molecule has 0 atom stereocenters. The summed E-state index contributed by atoms with van der Waals surface area (Å²) < 4.78 is 16.8. The van der Waals surface area contributed by atoms with Crippen LogP contribution in [0.25, 0.3) is 0 Å². The number of fused-ring (bicyclic) bond motifs is 1. The first-order chi connectivity index (χ1) is 13.5. The molecule has 2 amide bonds. The number of nitrogens with zero attached hydrogens (tertiary/aromatic N) is 1. The van der Waals surface area contributed by atoms with Gasteiger partial charge in [-0.2, -0.15) is 0 Å². The molecular formula is C19H21N3O5S. The quantitative estimate of drug-likeness (QED) is 0.762. The molecule has 4 rings (SSSR count). The molecule has 2 N–H and O–H groups in total. The van der Waals surface area contributed by atoms with Gasteiger partial charge in [-0.3, -0.25) is 9.59 Å². The Labute approximate surface area is 166 Å². The van der Waals surface area contributed by atoms with Gasteiger partial charge in [0.25, 0.3) is 5.79 Å². The smallest absolute Gasteiger partial charge is 0.251 e. The van der Waals surface area contributed by atoms with E-state index in [1.165, 1.54) is 11.8 Å². The van der Waals surface area contributed by atoms with Crippen molar-refractivity contribution in [2.24, 2.45) is 0 Å². The molecule has 0 saturated heterocycles. The lowest BCUT2D eigenvalue weighted by molar-refractivity contribution is -0.114. The minimum Gasteiger partial charge on any atom is -0.448 e. The van der Waals surface area contributed by atoms with Crippen LogP contribution < -0.4 is 20.1 Å². The number of nitrogens with one attached hydrogen (secondary N) is 2. The lowest BCUT2D eigenvalue weighted by atomic mass is 10.2. The highest BCUT2D eigenvalue weighted by atomic mass is 32.2. The first-order valence-electron chi connectivity index (χ1n) is 9.14.